The van der Waals surface area contributed by atoms with E-state index in [1.165, 1.54) is 12.0 Å². The van der Waals surface area contributed by atoms with Crippen molar-refractivity contribution in [3.63, 3.8) is 0 Å². The Bertz CT molecular complexity index is 719. The van der Waals surface area contributed by atoms with Crippen LogP contribution in [0.2, 0.25) is 0 Å². The number of halogens is 3. The number of piperidine rings is 1. The van der Waals surface area contributed by atoms with Crippen LogP contribution < -0.4 is 10.4 Å². The number of likely N-dealkylation sites (tertiary alicyclic amines) is 1. The van der Waals surface area contributed by atoms with Gasteiger partial charge in [0.25, 0.3) is 0 Å². The Labute approximate surface area is 145 Å². The quantitative estimate of drug-likeness (QED) is 0.781. The van der Waals surface area contributed by atoms with Crippen molar-refractivity contribution < 1.29 is 22.7 Å². The summed E-state index contributed by atoms with van der Waals surface area (Å²) >= 11 is 0. The Morgan fingerprint density at radius 3 is 2.28 bits per heavy atom. The van der Waals surface area contributed by atoms with Gasteiger partial charge in [-0.05, 0) is 61.8 Å². The predicted octanol–water partition coefficient (Wildman–Crippen LogP) is 2.78. The molecule has 1 aromatic rings. The molecule has 6 heteroatoms. The van der Waals surface area contributed by atoms with E-state index in [4.69, 9.17) is 4.74 Å². The van der Waals surface area contributed by atoms with Crippen molar-refractivity contribution in [2.24, 2.45) is 5.92 Å². The van der Waals surface area contributed by atoms with Crippen molar-refractivity contribution >= 4 is 18.1 Å². The van der Waals surface area contributed by atoms with Crippen LogP contribution in [-0.2, 0) is 9.53 Å². The second kappa shape index (κ2) is 8.04. The average molecular weight is 355 g/mol. The zero-order chi connectivity index (χ0) is 18.6. The third-order valence-electron chi connectivity index (χ3n) is 4.79. The summed E-state index contributed by atoms with van der Waals surface area (Å²) in [4.78, 5) is 13.0. The average Bonchev–Trinajstić information content (AvgIpc) is 2.60. The van der Waals surface area contributed by atoms with Crippen LogP contribution in [0, 0.1) is 5.92 Å². The van der Waals surface area contributed by atoms with Gasteiger partial charge in [-0.25, -0.2) is 0 Å². The van der Waals surface area contributed by atoms with Crippen molar-refractivity contribution in [2.75, 3.05) is 20.2 Å². The number of nitrogens with zero attached hydrogens (tertiary/aromatic N) is 1. The van der Waals surface area contributed by atoms with Gasteiger partial charge in [0.05, 0.1) is 13.0 Å². The smallest absolute Gasteiger partial charge is 0.408 e. The molecule has 1 unspecified atom stereocenters. The van der Waals surface area contributed by atoms with E-state index in [1.54, 1.807) is 18.2 Å². The number of ether oxygens (including phenoxy) is 1. The molecule has 0 aliphatic carbocycles. The monoisotopic (exact) mass is 355 g/mol. The van der Waals surface area contributed by atoms with E-state index < -0.39 is 12.2 Å². The third-order valence-corrected chi connectivity index (χ3v) is 4.79. The zero-order valence-electron chi connectivity index (χ0n) is 14.8. The first-order chi connectivity index (χ1) is 11.8. The molecule has 1 aliphatic heterocycles. The van der Waals surface area contributed by atoms with E-state index in [2.05, 4.69) is 0 Å². The minimum absolute atomic E-state index is 0.219. The molecule has 0 radical (unpaired) electrons. The van der Waals surface area contributed by atoms with Gasteiger partial charge in [-0.2, -0.15) is 13.2 Å². The highest BCUT2D eigenvalue weighted by Crippen LogP contribution is 2.39. The first-order valence-corrected chi connectivity index (χ1v) is 8.43. The molecule has 0 spiro atoms. The molecular weight excluding hydrogens is 331 g/mol. The van der Waals surface area contributed by atoms with Gasteiger partial charge in [0.2, 0.25) is 0 Å². The molecule has 1 saturated heterocycles. The summed E-state index contributed by atoms with van der Waals surface area (Å²) in [5.74, 6) is -0.652. The Morgan fingerprint density at radius 2 is 1.80 bits per heavy atom. The van der Waals surface area contributed by atoms with E-state index in [0.717, 1.165) is 10.4 Å². The second-order valence-electron chi connectivity index (χ2n) is 6.24. The summed E-state index contributed by atoms with van der Waals surface area (Å²) in [6, 6.07) is 3.23. The molecule has 1 atom stereocenters. The summed E-state index contributed by atoms with van der Waals surface area (Å²) < 4.78 is 46.0. The highest BCUT2D eigenvalue weighted by Gasteiger charge is 2.45. The lowest BCUT2D eigenvalue weighted by molar-refractivity contribution is -0.190. The van der Waals surface area contributed by atoms with Gasteiger partial charge in [-0.3, -0.25) is 9.69 Å². The van der Waals surface area contributed by atoms with Gasteiger partial charge in [-0.1, -0.05) is 24.3 Å². The molecule has 25 heavy (non-hydrogen) atoms. The fourth-order valence-electron chi connectivity index (χ4n) is 3.44. The topological polar surface area (TPSA) is 29.5 Å². The Balaban J connectivity index is 2.32. The molecule has 3 nitrogen and oxygen atoms in total. The number of benzene rings is 1. The molecule has 0 saturated carbocycles. The first kappa shape index (κ1) is 19.5. The largest absolute Gasteiger partial charge is 0.469 e. The Morgan fingerprint density at radius 1 is 1.20 bits per heavy atom. The number of hydrogen-bond acceptors (Lipinski definition) is 3. The minimum atomic E-state index is -4.37. The normalized spacial score (nSPS) is 19.9. The summed E-state index contributed by atoms with van der Waals surface area (Å²) in [5.41, 5.74) is 0.239. The fourth-order valence-corrected chi connectivity index (χ4v) is 3.44. The summed E-state index contributed by atoms with van der Waals surface area (Å²) in [6.45, 7) is 4.12. The predicted molar refractivity (Wildman–Crippen MR) is 91.1 cm³/mol. The van der Waals surface area contributed by atoms with Crippen molar-refractivity contribution in [3.05, 3.63) is 34.2 Å². The van der Waals surface area contributed by atoms with Crippen molar-refractivity contribution in [1.29, 1.82) is 0 Å². The molecule has 0 amide bonds. The Hall–Kier alpha value is -1.82. The maximum Gasteiger partial charge on any atom is 0.408 e. The lowest BCUT2D eigenvalue weighted by Crippen LogP contribution is -2.45. The molecule has 2 rings (SSSR count). The van der Waals surface area contributed by atoms with E-state index in [-0.39, 0.29) is 30.5 Å². The molecule has 1 fully saturated rings. The van der Waals surface area contributed by atoms with Crippen LogP contribution in [-0.4, -0.2) is 37.2 Å². The minimum Gasteiger partial charge on any atom is -0.469 e. The highest BCUT2D eigenvalue weighted by atomic mass is 19.4. The fraction of sp³-hybridized carbons (Fsp3) is 0.526. The van der Waals surface area contributed by atoms with Crippen LogP contribution in [0.1, 0.15) is 38.3 Å². The number of rotatable bonds is 3. The maximum absolute atomic E-state index is 13.8. The van der Waals surface area contributed by atoms with Gasteiger partial charge in [0, 0.05) is 0 Å². The van der Waals surface area contributed by atoms with Gasteiger partial charge in [0.15, 0.2) is 0 Å². The summed E-state index contributed by atoms with van der Waals surface area (Å²) in [6.07, 6.45) is 0.0829. The molecular formula is C19H24F3NO2. The van der Waals surface area contributed by atoms with Crippen LogP contribution in [0.15, 0.2) is 18.2 Å². The van der Waals surface area contributed by atoms with E-state index in [0.29, 0.717) is 12.8 Å². The van der Waals surface area contributed by atoms with E-state index >= 15 is 0 Å². The molecule has 0 N–H and O–H groups in total. The molecule has 0 aromatic heterocycles. The molecule has 0 bridgehead atoms. The highest BCUT2D eigenvalue weighted by molar-refractivity contribution is 5.72. The molecule has 1 aliphatic rings. The van der Waals surface area contributed by atoms with Gasteiger partial charge in [0.1, 0.15) is 6.04 Å². The zero-order valence-corrected chi connectivity index (χ0v) is 14.8. The van der Waals surface area contributed by atoms with Crippen LogP contribution in [0.5, 0.6) is 0 Å². The van der Waals surface area contributed by atoms with Crippen LogP contribution >= 0.6 is 0 Å². The number of methoxy groups -OCH3 is 1. The second-order valence-corrected chi connectivity index (χ2v) is 6.24. The number of carbonyl (C=O) groups excluding carboxylic acids is 1. The summed E-state index contributed by atoms with van der Waals surface area (Å²) in [7, 11) is 1.31. The number of hydrogen-bond donors (Lipinski definition) is 0. The molecule has 138 valence electrons. The van der Waals surface area contributed by atoms with E-state index in [1.807, 2.05) is 26.0 Å². The molecule has 1 aromatic carbocycles. The van der Waals surface area contributed by atoms with Crippen molar-refractivity contribution in [3.8, 4) is 0 Å². The van der Waals surface area contributed by atoms with Crippen LogP contribution in [0.25, 0.3) is 12.2 Å². The van der Waals surface area contributed by atoms with Crippen molar-refractivity contribution in [2.45, 2.75) is 38.9 Å². The molecule has 1 heterocycles. The first-order valence-electron chi connectivity index (χ1n) is 8.43. The van der Waals surface area contributed by atoms with Crippen LogP contribution in [0.4, 0.5) is 13.2 Å². The maximum atomic E-state index is 13.8. The SMILES string of the molecule is CC=c1ccc(C(N2CCC(C(=O)OC)CC2)C(F)(F)F)cc1=CC. The van der Waals surface area contributed by atoms with Crippen LogP contribution in [0.3, 0.4) is 0 Å². The Kier molecular flexibility index (Phi) is 6.27. The van der Waals surface area contributed by atoms with E-state index in [9.17, 15) is 18.0 Å². The third kappa shape index (κ3) is 4.42. The van der Waals surface area contributed by atoms with Gasteiger partial charge >= 0.3 is 12.1 Å². The lowest BCUT2D eigenvalue weighted by atomic mass is 9.93. The lowest BCUT2D eigenvalue weighted by Gasteiger charge is -2.37. The summed E-state index contributed by atoms with van der Waals surface area (Å²) in [5, 5.41) is 1.70. The standard InChI is InChI=1S/C19H24F3NO2/c1-4-13-6-7-16(12-14(13)5-2)17(19(20,21)22)23-10-8-15(9-11-23)18(24)25-3/h4-7,12,15,17H,8-11H2,1-3H3. The van der Waals surface area contributed by atoms with Crippen molar-refractivity contribution in [1.82, 2.24) is 4.90 Å². The number of esters is 1. The van der Waals surface area contributed by atoms with Gasteiger partial charge < -0.3 is 4.74 Å². The number of alkyl halides is 3. The van der Waals surface area contributed by atoms with Gasteiger partial charge in [-0.15, -0.1) is 0 Å². The number of carbonyl (C=O) groups is 1.